The molecular formula is C11H15Br2N3. The Labute approximate surface area is 114 Å². The quantitative estimate of drug-likeness (QED) is 0.555. The first-order chi connectivity index (χ1) is 7.60. The lowest BCUT2D eigenvalue weighted by atomic mass is 10.1. The number of hydrogen-bond donors (Lipinski definition) is 0. The van der Waals surface area contributed by atoms with Crippen LogP contribution in [0.3, 0.4) is 0 Å². The standard InChI is InChI=1S/C6H6Br2N2.C5H9N/c7-4-6(8,5-10)2-1-3-9;1-2-3-4-5-6/h1-2,4H2;2-4H2,1H3. The average Bonchev–Trinajstić information content (AvgIpc) is 2.34. The van der Waals surface area contributed by atoms with E-state index in [2.05, 4.69) is 50.9 Å². The summed E-state index contributed by atoms with van der Waals surface area (Å²) in [5.41, 5.74) is 0. The number of hydrogen-bond acceptors (Lipinski definition) is 3. The Morgan fingerprint density at radius 3 is 1.94 bits per heavy atom. The van der Waals surface area contributed by atoms with Gasteiger partial charge in [-0.2, -0.15) is 15.8 Å². The predicted octanol–water partition coefficient (Wildman–Crippen LogP) is 4.04. The first-order valence-corrected chi connectivity index (χ1v) is 6.91. The molecule has 0 amide bonds. The molecule has 0 N–H and O–H groups in total. The minimum absolute atomic E-state index is 0.407. The van der Waals surface area contributed by atoms with E-state index in [1.165, 1.54) is 0 Å². The highest BCUT2D eigenvalue weighted by Crippen LogP contribution is 2.25. The monoisotopic (exact) mass is 347 g/mol. The Balaban J connectivity index is 0. The molecule has 0 aromatic rings. The van der Waals surface area contributed by atoms with E-state index in [1.807, 2.05) is 6.07 Å². The summed E-state index contributed by atoms with van der Waals surface area (Å²) in [6.07, 6.45) is 3.87. The van der Waals surface area contributed by atoms with E-state index in [4.69, 9.17) is 15.8 Å². The Morgan fingerprint density at radius 2 is 1.69 bits per heavy atom. The molecule has 0 aliphatic rings. The Hall–Kier alpha value is -0.570. The van der Waals surface area contributed by atoms with Crippen molar-refractivity contribution in [3.05, 3.63) is 0 Å². The predicted molar refractivity (Wildman–Crippen MR) is 71.1 cm³/mol. The van der Waals surface area contributed by atoms with Crippen molar-refractivity contribution in [1.29, 1.82) is 15.8 Å². The molecule has 0 heterocycles. The SMILES string of the molecule is CCCCC#N.N#CCCC(Br)(C#N)CBr. The molecule has 16 heavy (non-hydrogen) atoms. The molecule has 0 radical (unpaired) electrons. The van der Waals surface area contributed by atoms with Crippen LogP contribution in [0.5, 0.6) is 0 Å². The summed E-state index contributed by atoms with van der Waals surface area (Å²) < 4.78 is -0.553. The molecule has 0 fully saturated rings. The summed E-state index contributed by atoms with van der Waals surface area (Å²) >= 11 is 6.41. The molecule has 88 valence electrons. The number of nitriles is 3. The topological polar surface area (TPSA) is 71.4 Å². The molecule has 5 heteroatoms. The lowest BCUT2D eigenvalue weighted by molar-refractivity contribution is 0.752. The smallest absolute Gasteiger partial charge is 0.123 e. The summed E-state index contributed by atoms with van der Waals surface area (Å²) in [6.45, 7) is 2.08. The second-order valence-electron chi connectivity index (χ2n) is 3.13. The lowest BCUT2D eigenvalue weighted by Crippen LogP contribution is -2.19. The molecule has 0 bridgehead atoms. The van der Waals surface area contributed by atoms with E-state index >= 15 is 0 Å². The third-order valence-corrected chi connectivity index (χ3v) is 4.25. The normalized spacial score (nSPS) is 12.0. The van der Waals surface area contributed by atoms with Gasteiger partial charge in [0.05, 0.1) is 18.2 Å². The van der Waals surface area contributed by atoms with E-state index in [1.54, 1.807) is 0 Å². The highest BCUT2D eigenvalue weighted by Gasteiger charge is 2.23. The summed E-state index contributed by atoms with van der Waals surface area (Å²) in [4.78, 5) is 0. The van der Waals surface area contributed by atoms with Crippen molar-refractivity contribution < 1.29 is 0 Å². The van der Waals surface area contributed by atoms with Crippen LogP contribution in [0.15, 0.2) is 0 Å². The molecule has 1 unspecified atom stereocenters. The first kappa shape index (κ1) is 17.8. The Bertz CT molecular complexity index is 285. The van der Waals surface area contributed by atoms with Crippen LogP contribution in [-0.4, -0.2) is 9.65 Å². The van der Waals surface area contributed by atoms with Gasteiger partial charge in [0.15, 0.2) is 0 Å². The molecule has 3 nitrogen and oxygen atoms in total. The second-order valence-corrected chi connectivity index (χ2v) is 5.21. The van der Waals surface area contributed by atoms with E-state index < -0.39 is 4.32 Å². The third kappa shape index (κ3) is 11.5. The molecule has 0 saturated heterocycles. The second kappa shape index (κ2) is 12.5. The van der Waals surface area contributed by atoms with Gasteiger partial charge in [0.1, 0.15) is 4.32 Å². The van der Waals surface area contributed by atoms with Crippen molar-refractivity contribution in [2.24, 2.45) is 0 Å². The molecule has 0 aromatic carbocycles. The van der Waals surface area contributed by atoms with Gasteiger partial charge in [0.25, 0.3) is 0 Å². The lowest BCUT2D eigenvalue weighted by Gasteiger charge is -2.12. The zero-order chi connectivity index (χ0) is 12.9. The van der Waals surface area contributed by atoms with Crippen molar-refractivity contribution >= 4 is 31.9 Å². The van der Waals surface area contributed by atoms with Crippen LogP contribution < -0.4 is 0 Å². The van der Waals surface area contributed by atoms with Gasteiger partial charge < -0.3 is 0 Å². The minimum atomic E-state index is -0.553. The van der Waals surface area contributed by atoms with Crippen molar-refractivity contribution in [1.82, 2.24) is 0 Å². The summed E-state index contributed by atoms with van der Waals surface area (Å²) in [7, 11) is 0. The molecule has 0 saturated carbocycles. The average molecular weight is 349 g/mol. The van der Waals surface area contributed by atoms with Gasteiger partial charge in [-0.3, -0.25) is 0 Å². The van der Waals surface area contributed by atoms with Crippen LogP contribution in [0, 0.1) is 34.0 Å². The van der Waals surface area contributed by atoms with E-state index in [9.17, 15) is 0 Å². The van der Waals surface area contributed by atoms with Crippen LogP contribution in [0.2, 0.25) is 0 Å². The molecule has 0 aliphatic heterocycles. The fourth-order valence-corrected chi connectivity index (χ4v) is 1.27. The molecule has 0 rings (SSSR count). The zero-order valence-electron chi connectivity index (χ0n) is 9.34. The van der Waals surface area contributed by atoms with Crippen molar-refractivity contribution in [3.8, 4) is 18.2 Å². The molecule has 0 aliphatic carbocycles. The Morgan fingerprint density at radius 1 is 1.12 bits per heavy atom. The zero-order valence-corrected chi connectivity index (χ0v) is 12.5. The van der Waals surface area contributed by atoms with Crippen LogP contribution in [0.4, 0.5) is 0 Å². The third-order valence-electron chi connectivity index (χ3n) is 1.69. The molecule has 0 aromatic heterocycles. The van der Waals surface area contributed by atoms with Crippen LogP contribution in [0.1, 0.15) is 39.0 Å². The van der Waals surface area contributed by atoms with Gasteiger partial charge in [-0.1, -0.05) is 45.2 Å². The van der Waals surface area contributed by atoms with Crippen molar-refractivity contribution in [2.75, 3.05) is 5.33 Å². The number of nitrogens with zero attached hydrogens (tertiary/aromatic N) is 3. The Kier molecular flexibility index (Phi) is 13.9. The number of unbranched alkanes of at least 4 members (excludes halogenated alkanes) is 2. The van der Waals surface area contributed by atoms with Crippen molar-refractivity contribution in [3.63, 3.8) is 0 Å². The highest BCUT2D eigenvalue weighted by molar-refractivity contribution is 9.12. The summed E-state index contributed by atoms with van der Waals surface area (Å²) in [6, 6.07) is 6.14. The van der Waals surface area contributed by atoms with Gasteiger partial charge >= 0.3 is 0 Å². The summed E-state index contributed by atoms with van der Waals surface area (Å²) in [5, 5.41) is 25.3. The maximum Gasteiger partial charge on any atom is 0.123 e. The largest absolute Gasteiger partial charge is 0.198 e. The van der Waals surface area contributed by atoms with E-state index in [0.717, 1.165) is 19.3 Å². The minimum Gasteiger partial charge on any atom is -0.198 e. The molecular weight excluding hydrogens is 334 g/mol. The fourth-order valence-electron chi connectivity index (χ4n) is 0.662. The maximum absolute atomic E-state index is 8.58. The van der Waals surface area contributed by atoms with Crippen LogP contribution >= 0.6 is 31.9 Å². The number of alkyl halides is 2. The molecule has 1 atom stereocenters. The number of rotatable bonds is 5. The van der Waals surface area contributed by atoms with E-state index in [-0.39, 0.29) is 0 Å². The summed E-state index contributed by atoms with van der Waals surface area (Å²) in [5.74, 6) is 0. The van der Waals surface area contributed by atoms with Crippen LogP contribution in [0.25, 0.3) is 0 Å². The van der Waals surface area contributed by atoms with Gasteiger partial charge in [-0.25, -0.2) is 0 Å². The number of halogens is 2. The molecule has 0 spiro atoms. The van der Waals surface area contributed by atoms with Gasteiger partial charge in [-0.05, 0) is 12.8 Å². The van der Waals surface area contributed by atoms with Gasteiger partial charge in [0.2, 0.25) is 0 Å². The van der Waals surface area contributed by atoms with Gasteiger partial charge in [-0.15, -0.1) is 0 Å². The van der Waals surface area contributed by atoms with Crippen molar-refractivity contribution in [2.45, 2.75) is 43.4 Å². The van der Waals surface area contributed by atoms with Crippen LogP contribution in [-0.2, 0) is 0 Å². The van der Waals surface area contributed by atoms with E-state index in [0.29, 0.717) is 18.2 Å². The fraction of sp³-hybridized carbons (Fsp3) is 0.727. The first-order valence-electron chi connectivity index (χ1n) is 5.00. The maximum atomic E-state index is 8.58. The van der Waals surface area contributed by atoms with Gasteiger partial charge in [0, 0.05) is 18.2 Å². The highest BCUT2D eigenvalue weighted by atomic mass is 79.9.